The Morgan fingerprint density at radius 2 is 2.19 bits per heavy atom. The molecule has 3 nitrogen and oxygen atoms in total. The summed E-state index contributed by atoms with van der Waals surface area (Å²) in [5.41, 5.74) is 0. The van der Waals surface area contributed by atoms with Crippen LogP contribution in [0.15, 0.2) is 22.5 Å². The fourth-order valence-electron chi connectivity index (χ4n) is 1.91. The molecule has 6 heteroatoms. The Kier molecular flexibility index (Phi) is 13.7. The zero-order chi connectivity index (χ0) is 14.6. The van der Waals surface area contributed by atoms with E-state index in [4.69, 9.17) is 0 Å². The summed E-state index contributed by atoms with van der Waals surface area (Å²) in [7, 11) is 1.83. The Hall–Kier alpha value is 0.0500. The second-order valence-corrected chi connectivity index (χ2v) is 6.99. The lowest BCUT2D eigenvalue weighted by molar-refractivity contribution is 0.561. The molecule has 1 atom stereocenters. The molecule has 1 rings (SSSR count). The molecule has 0 amide bonds. The third kappa shape index (κ3) is 10.4. The molecule has 2 N–H and O–H groups in total. The van der Waals surface area contributed by atoms with Crippen LogP contribution in [0, 0.1) is 5.92 Å². The predicted molar refractivity (Wildman–Crippen MR) is 110 cm³/mol. The van der Waals surface area contributed by atoms with Gasteiger partial charge >= 0.3 is 0 Å². The number of thiophene rings is 1. The van der Waals surface area contributed by atoms with Gasteiger partial charge in [0.25, 0.3) is 0 Å². The van der Waals surface area contributed by atoms with Crippen LogP contribution in [0.25, 0.3) is 0 Å². The molecule has 21 heavy (non-hydrogen) atoms. The molecule has 1 heterocycles. The molecule has 0 fully saturated rings. The molecule has 1 aromatic heterocycles. The molecule has 0 bridgehead atoms. The quantitative estimate of drug-likeness (QED) is 0.265. The minimum atomic E-state index is 0. The van der Waals surface area contributed by atoms with Crippen LogP contribution in [-0.2, 0) is 6.42 Å². The van der Waals surface area contributed by atoms with Crippen molar-refractivity contribution in [1.29, 1.82) is 0 Å². The maximum absolute atomic E-state index is 4.27. The largest absolute Gasteiger partial charge is 0.356 e. The molecule has 0 aliphatic carbocycles. The van der Waals surface area contributed by atoms with Gasteiger partial charge in [-0.1, -0.05) is 13.0 Å². The minimum absolute atomic E-state index is 0. The lowest BCUT2D eigenvalue weighted by atomic mass is 10.1. The first-order chi connectivity index (χ1) is 9.76. The fourth-order valence-corrected chi connectivity index (χ4v) is 3.28. The summed E-state index contributed by atoms with van der Waals surface area (Å²) in [6.45, 7) is 4.24. The number of hydrogen-bond donors (Lipinski definition) is 2. The minimum Gasteiger partial charge on any atom is -0.356 e. The highest BCUT2D eigenvalue weighted by Crippen LogP contribution is 2.13. The molecule has 1 aromatic rings. The van der Waals surface area contributed by atoms with Crippen LogP contribution in [0.2, 0.25) is 0 Å². The van der Waals surface area contributed by atoms with E-state index in [1.165, 1.54) is 23.5 Å². The van der Waals surface area contributed by atoms with Crippen molar-refractivity contribution in [3.63, 3.8) is 0 Å². The van der Waals surface area contributed by atoms with E-state index in [2.05, 4.69) is 46.3 Å². The molecule has 1 unspecified atom stereocenters. The van der Waals surface area contributed by atoms with Crippen LogP contribution in [-0.4, -0.2) is 38.1 Å². The molecule has 0 saturated carbocycles. The maximum Gasteiger partial charge on any atom is 0.190 e. The molecule has 0 spiro atoms. The molecule has 0 aliphatic rings. The van der Waals surface area contributed by atoms with Crippen molar-refractivity contribution in [2.45, 2.75) is 26.2 Å². The van der Waals surface area contributed by atoms with Crippen LogP contribution in [0.5, 0.6) is 0 Å². The molecule has 0 saturated heterocycles. The average Bonchev–Trinajstić information content (AvgIpc) is 2.94. The number of nitrogens with one attached hydrogen (secondary N) is 2. The van der Waals surface area contributed by atoms with Crippen LogP contribution < -0.4 is 10.6 Å². The predicted octanol–water partition coefficient (Wildman–Crippen LogP) is 3.85. The van der Waals surface area contributed by atoms with Gasteiger partial charge in [-0.2, -0.15) is 11.8 Å². The number of hydrogen-bond acceptors (Lipinski definition) is 3. The van der Waals surface area contributed by atoms with Gasteiger partial charge in [0, 0.05) is 25.0 Å². The van der Waals surface area contributed by atoms with Gasteiger partial charge in [0.05, 0.1) is 0 Å². The first kappa shape index (κ1) is 21.0. The van der Waals surface area contributed by atoms with E-state index in [-0.39, 0.29) is 24.0 Å². The fraction of sp³-hybridized carbons (Fsp3) is 0.667. The SMILES string of the molecule is CN=C(NCCCCSC)NCC(C)Cc1cccs1.I. The summed E-state index contributed by atoms with van der Waals surface area (Å²) in [5.74, 6) is 2.78. The number of nitrogens with zero attached hydrogens (tertiary/aromatic N) is 1. The third-order valence-electron chi connectivity index (χ3n) is 3.04. The van der Waals surface area contributed by atoms with E-state index in [1.807, 2.05) is 30.1 Å². The molecule has 0 aromatic carbocycles. The van der Waals surface area contributed by atoms with Crippen molar-refractivity contribution in [1.82, 2.24) is 10.6 Å². The Morgan fingerprint density at radius 1 is 1.38 bits per heavy atom. The van der Waals surface area contributed by atoms with Gasteiger partial charge in [0.1, 0.15) is 0 Å². The zero-order valence-electron chi connectivity index (χ0n) is 13.2. The average molecular weight is 441 g/mol. The van der Waals surface area contributed by atoms with Crippen molar-refractivity contribution in [2.75, 3.05) is 32.1 Å². The van der Waals surface area contributed by atoms with Gasteiger partial charge in [-0.3, -0.25) is 4.99 Å². The van der Waals surface area contributed by atoms with Crippen LogP contribution in [0.1, 0.15) is 24.6 Å². The highest BCUT2D eigenvalue weighted by Gasteiger charge is 2.05. The zero-order valence-corrected chi connectivity index (χ0v) is 17.2. The van der Waals surface area contributed by atoms with E-state index in [9.17, 15) is 0 Å². The Labute approximate surface area is 154 Å². The van der Waals surface area contributed by atoms with Crippen LogP contribution in [0.4, 0.5) is 0 Å². The summed E-state index contributed by atoms with van der Waals surface area (Å²) < 4.78 is 0. The van der Waals surface area contributed by atoms with Crippen molar-refractivity contribution in [3.8, 4) is 0 Å². The lowest BCUT2D eigenvalue weighted by Gasteiger charge is -2.15. The van der Waals surface area contributed by atoms with E-state index >= 15 is 0 Å². The number of aliphatic imine (C=N–C) groups is 1. The second kappa shape index (κ2) is 13.7. The standard InChI is InChI=1S/C15H27N3S2.HI/c1-13(11-14-7-6-10-20-14)12-18-15(16-2)17-8-4-5-9-19-3;/h6-7,10,13H,4-5,8-9,11-12H2,1-3H3,(H2,16,17,18);1H. The van der Waals surface area contributed by atoms with E-state index in [0.717, 1.165) is 25.5 Å². The number of guanidine groups is 1. The smallest absolute Gasteiger partial charge is 0.190 e. The summed E-state index contributed by atoms with van der Waals surface area (Å²) in [6.07, 6.45) is 5.75. The van der Waals surface area contributed by atoms with Gasteiger partial charge < -0.3 is 10.6 Å². The van der Waals surface area contributed by atoms with E-state index in [1.54, 1.807) is 0 Å². The highest BCUT2D eigenvalue weighted by atomic mass is 127. The summed E-state index contributed by atoms with van der Waals surface area (Å²) >= 11 is 3.75. The molecular formula is C15H28IN3S2. The molecule has 122 valence electrons. The number of halogens is 1. The summed E-state index contributed by atoms with van der Waals surface area (Å²) in [5, 5.41) is 8.93. The van der Waals surface area contributed by atoms with Crippen LogP contribution >= 0.6 is 47.1 Å². The van der Waals surface area contributed by atoms with E-state index < -0.39 is 0 Å². The van der Waals surface area contributed by atoms with Crippen molar-refractivity contribution in [3.05, 3.63) is 22.4 Å². The van der Waals surface area contributed by atoms with Crippen molar-refractivity contribution in [2.24, 2.45) is 10.9 Å². The van der Waals surface area contributed by atoms with E-state index in [0.29, 0.717) is 5.92 Å². The van der Waals surface area contributed by atoms with Gasteiger partial charge in [-0.15, -0.1) is 35.3 Å². The number of rotatable bonds is 9. The number of thioether (sulfide) groups is 1. The molecule has 0 radical (unpaired) electrons. The summed E-state index contributed by atoms with van der Waals surface area (Å²) in [6, 6.07) is 4.33. The summed E-state index contributed by atoms with van der Waals surface area (Å²) in [4.78, 5) is 5.72. The first-order valence-corrected chi connectivity index (χ1v) is 9.49. The van der Waals surface area contributed by atoms with Crippen molar-refractivity contribution >= 4 is 53.0 Å². The van der Waals surface area contributed by atoms with Gasteiger partial charge in [0.15, 0.2) is 5.96 Å². The first-order valence-electron chi connectivity index (χ1n) is 7.22. The molecule has 0 aliphatic heterocycles. The molecular weight excluding hydrogens is 413 g/mol. The monoisotopic (exact) mass is 441 g/mol. The Balaban J connectivity index is 0.00000400. The van der Waals surface area contributed by atoms with Crippen molar-refractivity contribution < 1.29 is 0 Å². The maximum atomic E-state index is 4.27. The highest BCUT2D eigenvalue weighted by molar-refractivity contribution is 14.0. The van der Waals surface area contributed by atoms with Gasteiger partial charge in [-0.25, -0.2) is 0 Å². The lowest BCUT2D eigenvalue weighted by Crippen LogP contribution is -2.40. The van der Waals surface area contributed by atoms with Gasteiger partial charge in [0.2, 0.25) is 0 Å². The normalized spacial score (nSPS) is 12.6. The Morgan fingerprint density at radius 3 is 2.81 bits per heavy atom. The second-order valence-electron chi connectivity index (χ2n) is 4.97. The van der Waals surface area contributed by atoms with Gasteiger partial charge in [-0.05, 0) is 48.6 Å². The third-order valence-corrected chi connectivity index (χ3v) is 4.63. The Bertz CT molecular complexity index is 369. The number of unbranched alkanes of at least 4 members (excludes halogenated alkanes) is 1. The topological polar surface area (TPSA) is 36.4 Å². The van der Waals surface area contributed by atoms with Crippen LogP contribution in [0.3, 0.4) is 0 Å².